The van der Waals surface area contributed by atoms with Crippen LogP contribution in [-0.4, -0.2) is 43.6 Å². The van der Waals surface area contributed by atoms with Crippen LogP contribution in [0.2, 0.25) is 0 Å². The first kappa shape index (κ1) is 24.2. The second kappa shape index (κ2) is 11.9. The molecule has 0 amide bonds. The van der Waals surface area contributed by atoms with E-state index in [0.29, 0.717) is 32.3 Å². The number of hydrogen-bond acceptors (Lipinski definition) is 5. The average Bonchev–Trinajstić information content (AvgIpc) is 3.28. The number of rotatable bonds is 10. The van der Waals surface area contributed by atoms with E-state index in [9.17, 15) is 0 Å². The van der Waals surface area contributed by atoms with Gasteiger partial charge in [0.1, 0.15) is 18.3 Å². The summed E-state index contributed by atoms with van der Waals surface area (Å²) in [6.07, 6.45) is -0.550. The van der Waals surface area contributed by atoms with Gasteiger partial charge >= 0.3 is 0 Å². The first-order chi connectivity index (χ1) is 17.3. The molecule has 0 aliphatic carbocycles. The average molecular weight is 474 g/mol. The highest BCUT2D eigenvalue weighted by Gasteiger charge is 2.51. The highest BCUT2D eigenvalue weighted by molar-refractivity contribution is 5.16. The largest absolute Gasteiger partial charge is 0.374 e. The third kappa shape index (κ3) is 6.18. The van der Waals surface area contributed by atoms with Gasteiger partial charge in [0.2, 0.25) is 0 Å². The fraction of sp³-hybridized carbons (Fsp3) is 0.400. The highest BCUT2D eigenvalue weighted by atomic mass is 16.6. The minimum atomic E-state index is -0.256. The third-order valence-electron chi connectivity index (χ3n) is 6.93. The van der Waals surface area contributed by atoms with Gasteiger partial charge in [-0.05, 0) is 22.6 Å². The lowest BCUT2D eigenvalue weighted by Crippen LogP contribution is -2.62. The van der Waals surface area contributed by atoms with Crippen LogP contribution in [0.5, 0.6) is 0 Å². The molecule has 2 heterocycles. The number of ether oxygens (including phenoxy) is 4. The van der Waals surface area contributed by atoms with E-state index in [4.69, 9.17) is 18.9 Å². The standard InChI is InChI=1S/C30H35NO4/c1-22-17-31-27-28(22)35-26(21-32-18-23-11-5-2-6-12-23)29(33-19-24-13-7-3-8-14-24)30(27)34-20-25-15-9-4-10-16-25/h2-16,22,26-31H,17-21H2,1H3/t22-,26-,27+,28-,29+,30-/m1/s1. The molecule has 5 heteroatoms. The summed E-state index contributed by atoms with van der Waals surface area (Å²) in [5.41, 5.74) is 3.43. The summed E-state index contributed by atoms with van der Waals surface area (Å²) < 4.78 is 26.0. The SMILES string of the molecule is C[C@@H]1CN[C@@H]2[C@@H](OCc3ccccc3)[C@@H](OCc3ccccc3)[C@@H](COCc3ccccc3)O[C@@H]21. The summed E-state index contributed by atoms with van der Waals surface area (Å²) >= 11 is 0. The van der Waals surface area contributed by atoms with E-state index in [0.717, 1.165) is 23.2 Å². The van der Waals surface area contributed by atoms with Crippen LogP contribution in [0.1, 0.15) is 23.6 Å². The minimum Gasteiger partial charge on any atom is -0.374 e. The topological polar surface area (TPSA) is 49.0 Å². The Bertz CT molecular complexity index is 1020. The van der Waals surface area contributed by atoms with E-state index in [-0.39, 0.29) is 30.5 Å². The molecule has 2 aliphatic rings. The Morgan fingerprint density at radius 2 is 1.23 bits per heavy atom. The van der Waals surface area contributed by atoms with Crippen LogP contribution in [0.25, 0.3) is 0 Å². The zero-order chi connectivity index (χ0) is 23.9. The maximum absolute atomic E-state index is 6.65. The lowest BCUT2D eigenvalue weighted by atomic mass is 9.90. The predicted molar refractivity (Wildman–Crippen MR) is 136 cm³/mol. The monoisotopic (exact) mass is 473 g/mol. The van der Waals surface area contributed by atoms with Crippen LogP contribution in [0, 0.1) is 5.92 Å². The molecule has 0 bridgehead atoms. The fourth-order valence-electron chi connectivity index (χ4n) is 5.06. The first-order valence-electron chi connectivity index (χ1n) is 12.6. The van der Waals surface area contributed by atoms with Gasteiger partial charge in [-0.2, -0.15) is 0 Å². The van der Waals surface area contributed by atoms with Crippen LogP contribution in [0.3, 0.4) is 0 Å². The van der Waals surface area contributed by atoms with Crippen molar-refractivity contribution in [2.24, 2.45) is 5.92 Å². The van der Waals surface area contributed by atoms with Gasteiger partial charge in [0.05, 0.1) is 38.6 Å². The zero-order valence-electron chi connectivity index (χ0n) is 20.3. The summed E-state index contributed by atoms with van der Waals surface area (Å²) in [4.78, 5) is 0. The van der Waals surface area contributed by atoms with Gasteiger partial charge in [-0.25, -0.2) is 0 Å². The Labute approximate surface area is 208 Å². The second-order valence-electron chi connectivity index (χ2n) is 9.57. The second-order valence-corrected chi connectivity index (χ2v) is 9.57. The van der Waals surface area contributed by atoms with Gasteiger partial charge in [-0.3, -0.25) is 0 Å². The number of nitrogens with one attached hydrogen (secondary N) is 1. The van der Waals surface area contributed by atoms with E-state index in [1.165, 1.54) is 0 Å². The van der Waals surface area contributed by atoms with Crippen LogP contribution in [0.15, 0.2) is 91.0 Å². The van der Waals surface area contributed by atoms with Crippen molar-refractivity contribution in [2.45, 2.75) is 57.2 Å². The van der Waals surface area contributed by atoms with Crippen LogP contribution in [0.4, 0.5) is 0 Å². The molecule has 35 heavy (non-hydrogen) atoms. The maximum Gasteiger partial charge on any atom is 0.114 e. The summed E-state index contributed by atoms with van der Waals surface area (Å²) in [5, 5.41) is 3.65. The van der Waals surface area contributed by atoms with Gasteiger partial charge in [-0.1, -0.05) is 97.9 Å². The van der Waals surface area contributed by atoms with Crippen molar-refractivity contribution in [2.75, 3.05) is 13.2 Å². The third-order valence-corrected chi connectivity index (χ3v) is 6.93. The summed E-state index contributed by atoms with van der Waals surface area (Å²) in [5.74, 6) is 0.398. The lowest BCUT2D eigenvalue weighted by molar-refractivity contribution is -0.230. The molecule has 184 valence electrons. The molecule has 0 unspecified atom stereocenters. The van der Waals surface area contributed by atoms with E-state index >= 15 is 0 Å². The molecule has 6 atom stereocenters. The zero-order valence-corrected chi connectivity index (χ0v) is 20.3. The Balaban J connectivity index is 1.33. The molecule has 0 aromatic heterocycles. The summed E-state index contributed by atoms with van der Waals surface area (Å²) in [6, 6.07) is 30.9. The Morgan fingerprint density at radius 1 is 0.714 bits per heavy atom. The molecule has 5 rings (SSSR count). The molecular weight excluding hydrogens is 438 g/mol. The Hall–Kier alpha value is -2.54. The molecule has 0 saturated carbocycles. The fourth-order valence-corrected chi connectivity index (χ4v) is 5.06. The molecule has 2 aliphatic heterocycles. The molecule has 0 spiro atoms. The van der Waals surface area contributed by atoms with Crippen molar-refractivity contribution in [3.63, 3.8) is 0 Å². The molecule has 2 fully saturated rings. The van der Waals surface area contributed by atoms with Crippen LogP contribution >= 0.6 is 0 Å². The molecule has 1 N–H and O–H groups in total. The van der Waals surface area contributed by atoms with E-state index < -0.39 is 0 Å². The van der Waals surface area contributed by atoms with Gasteiger partial charge in [-0.15, -0.1) is 0 Å². The molecule has 2 saturated heterocycles. The molecule has 0 radical (unpaired) electrons. The smallest absolute Gasteiger partial charge is 0.114 e. The lowest BCUT2D eigenvalue weighted by Gasteiger charge is -2.45. The Kier molecular flexibility index (Phi) is 8.24. The van der Waals surface area contributed by atoms with Crippen LogP contribution in [-0.2, 0) is 38.8 Å². The number of hydrogen-bond donors (Lipinski definition) is 1. The summed E-state index contributed by atoms with van der Waals surface area (Å²) in [6.45, 7) is 5.18. The first-order valence-corrected chi connectivity index (χ1v) is 12.6. The van der Waals surface area contributed by atoms with Crippen LogP contribution < -0.4 is 5.32 Å². The normalized spacial score (nSPS) is 28.0. The van der Waals surface area contributed by atoms with Gasteiger partial charge in [0, 0.05) is 6.54 Å². The van der Waals surface area contributed by atoms with Crippen molar-refractivity contribution in [3.05, 3.63) is 108 Å². The van der Waals surface area contributed by atoms with Gasteiger partial charge in [0.25, 0.3) is 0 Å². The van der Waals surface area contributed by atoms with Crippen molar-refractivity contribution < 1.29 is 18.9 Å². The van der Waals surface area contributed by atoms with Crippen molar-refractivity contribution in [3.8, 4) is 0 Å². The van der Waals surface area contributed by atoms with Crippen molar-refractivity contribution in [1.82, 2.24) is 5.32 Å². The molecule has 3 aromatic rings. The quantitative estimate of drug-likeness (QED) is 0.461. The van der Waals surface area contributed by atoms with E-state index in [2.05, 4.69) is 48.6 Å². The number of benzene rings is 3. The molecule has 5 nitrogen and oxygen atoms in total. The Morgan fingerprint density at radius 3 is 1.80 bits per heavy atom. The highest BCUT2D eigenvalue weighted by Crippen LogP contribution is 2.34. The van der Waals surface area contributed by atoms with E-state index in [1.54, 1.807) is 0 Å². The summed E-state index contributed by atoms with van der Waals surface area (Å²) in [7, 11) is 0. The number of fused-ring (bicyclic) bond motifs is 1. The van der Waals surface area contributed by atoms with Gasteiger partial charge in [0.15, 0.2) is 0 Å². The maximum atomic E-state index is 6.65. The van der Waals surface area contributed by atoms with Gasteiger partial charge < -0.3 is 24.3 Å². The minimum absolute atomic E-state index is 0.0673. The van der Waals surface area contributed by atoms with Crippen molar-refractivity contribution in [1.29, 1.82) is 0 Å². The molecular formula is C30H35NO4. The van der Waals surface area contributed by atoms with Crippen molar-refractivity contribution >= 4 is 0 Å². The van der Waals surface area contributed by atoms with E-state index in [1.807, 2.05) is 54.6 Å². The predicted octanol–water partition coefficient (Wildman–Crippen LogP) is 4.75. The molecule has 3 aromatic carbocycles.